The maximum absolute atomic E-state index is 12.5. The Labute approximate surface area is 94.9 Å². The molecule has 0 amide bonds. The van der Waals surface area contributed by atoms with E-state index in [9.17, 15) is 8.78 Å². The topological polar surface area (TPSA) is 23.8 Å². The summed E-state index contributed by atoms with van der Waals surface area (Å²) < 4.78 is 25.9. The van der Waals surface area contributed by atoms with Crippen molar-refractivity contribution in [2.75, 3.05) is 0 Å². The fourth-order valence-electron chi connectivity index (χ4n) is 1.19. The molecule has 0 fully saturated rings. The summed E-state index contributed by atoms with van der Waals surface area (Å²) in [6, 6.07) is 6.74. The largest absolute Gasteiger partial charge is 0.264 e. The Morgan fingerprint density at radius 1 is 1.43 bits per heavy atom. The van der Waals surface area contributed by atoms with E-state index in [1.54, 1.807) is 12.1 Å². The van der Waals surface area contributed by atoms with Gasteiger partial charge in [-0.1, -0.05) is 6.07 Å². The van der Waals surface area contributed by atoms with Gasteiger partial charge < -0.3 is 0 Å². The monoisotopic (exact) mass is 307 g/mol. The highest BCUT2D eigenvalue weighted by Crippen LogP contribution is 2.25. The molecule has 0 unspecified atom stereocenters. The zero-order valence-corrected chi connectivity index (χ0v) is 9.46. The number of nitrogens with zero attached hydrogens (tertiary/aromatic N) is 1. The van der Waals surface area contributed by atoms with E-state index >= 15 is 0 Å². The van der Waals surface area contributed by atoms with Crippen LogP contribution in [-0.4, -0.2) is 0 Å². The Hall–Kier alpha value is -0.700. The third-order valence-corrected chi connectivity index (χ3v) is 2.52. The minimum Gasteiger partial charge on any atom is -0.205 e. The molecule has 0 spiro atoms. The SMILES string of the molecule is N#CCCc1cc(I)ccc1C(F)F. The van der Waals surface area contributed by atoms with Crippen LogP contribution in [0.5, 0.6) is 0 Å². The Bertz CT molecular complexity index is 358. The molecule has 1 nitrogen and oxygen atoms in total. The van der Waals surface area contributed by atoms with Crippen LogP contribution in [0.15, 0.2) is 18.2 Å². The Morgan fingerprint density at radius 3 is 2.71 bits per heavy atom. The van der Waals surface area contributed by atoms with Gasteiger partial charge in [-0.15, -0.1) is 0 Å². The van der Waals surface area contributed by atoms with E-state index in [0.29, 0.717) is 12.0 Å². The molecular weight excluding hydrogens is 299 g/mol. The Kier molecular flexibility index (Phi) is 4.26. The first-order valence-electron chi connectivity index (χ1n) is 4.08. The van der Waals surface area contributed by atoms with Gasteiger partial charge in [-0.2, -0.15) is 5.26 Å². The molecule has 0 aromatic heterocycles. The number of rotatable bonds is 3. The molecule has 1 aromatic carbocycles. The average Bonchev–Trinajstić information content (AvgIpc) is 2.14. The maximum atomic E-state index is 12.5. The number of aryl methyl sites for hydroxylation is 1. The predicted molar refractivity (Wildman–Crippen MR) is 58.1 cm³/mol. The molecule has 1 aromatic rings. The lowest BCUT2D eigenvalue weighted by Crippen LogP contribution is -1.95. The zero-order chi connectivity index (χ0) is 10.6. The summed E-state index contributed by atoms with van der Waals surface area (Å²) in [5.41, 5.74) is 0.620. The summed E-state index contributed by atoms with van der Waals surface area (Å²) in [7, 11) is 0. The third kappa shape index (κ3) is 2.91. The van der Waals surface area contributed by atoms with Gasteiger partial charge in [0.15, 0.2) is 0 Å². The van der Waals surface area contributed by atoms with E-state index in [1.165, 1.54) is 6.07 Å². The second-order valence-corrected chi connectivity index (χ2v) is 4.05. The molecule has 0 aliphatic carbocycles. The van der Waals surface area contributed by atoms with Crippen molar-refractivity contribution in [3.8, 4) is 6.07 Å². The molecule has 74 valence electrons. The van der Waals surface area contributed by atoms with Crippen LogP contribution < -0.4 is 0 Å². The molecule has 0 atom stereocenters. The summed E-state index contributed by atoms with van der Waals surface area (Å²) in [5, 5.41) is 8.39. The fourth-order valence-corrected chi connectivity index (χ4v) is 1.75. The van der Waals surface area contributed by atoms with Crippen molar-refractivity contribution in [2.24, 2.45) is 0 Å². The van der Waals surface area contributed by atoms with Crippen LogP contribution in [0.4, 0.5) is 8.78 Å². The normalized spacial score (nSPS) is 10.2. The van der Waals surface area contributed by atoms with Crippen LogP contribution in [-0.2, 0) is 6.42 Å². The number of halogens is 3. The molecule has 0 N–H and O–H groups in total. The highest BCUT2D eigenvalue weighted by atomic mass is 127. The lowest BCUT2D eigenvalue weighted by Gasteiger charge is -2.07. The summed E-state index contributed by atoms with van der Waals surface area (Å²) in [4.78, 5) is 0. The highest BCUT2D eigenvalue weighted by molar-refractivity contribution is 14.1. The molecule has 14 heavy (non-hydrogen) atoms. The fraction of sp³-hybridized carbons (Fsp3) is 0.300. The molecule has 0 heterocycles. The summed E-state index contributed by atoms with van der Waals surface area (Å²) in [5.74, 6) is 0. The van der Waals surface area contributed by atoms with Gasteiger partial charge in [0.25, 0.3) is 6.43 Å². The minimum absolute atomic E-state index is 0.0423. The lowest BCUT2D eigenvalue weighted by atomic mass is 10.0. The summed E-state index contributed by atoms with van der Waals surface area (Å²) >= 11 is 2.07. The molecule has 0 bridgehead atoms. The van der Waals surface area contributed by atoms with Gasteiger partial charge in [0.1, 0.15) is 0 Å². The molecule has 1 rings (SSSR count). The average molecular weight is 307 g/mol. The van der Waals surface area contributed by atoms with Crippen LogP contribution in [0, 0.1) is 14.9 Å². The van der Waals surface area contributed by atoms with Crippen LogP contribution in [0.3, 0.4) is 0 Å². The molecule has 0 radical (unpaired) electrons. The lowest BCUT2D eigenvalue weighted by molar-refractivity contribution is 0.150. The van der Waals surface area contributed by atoms with Crippen molar-refractivity contribution in [3.63, 3.8) is 0 Å². The minimum atomic E-state index is -2.46. The van der Waals surface area contributed by atoms with Crippen molar-refractivity contribution in [1.29, 1.82) is 5.26 Å². The number of nitriles is 1. The second-order valence-electron chi connectivity index (χ2n) is 2.80. The van der Waals surface area contributed by atoms with Crippen molar-refractivity contribution in [3.05, 3.63) is 32.9 Å². The van der Waals surface area contributed by atoms with Crippen molar-refractivity contribution < 1.29 is 8.78 Å². The van der Waals surface area contributed by atoms with Crippen molar-refractivity contribution in [2.45, 2.75) is 19.3 Å². The Morgan fingerprint density at radius 2 is 2.14 bits per heavy atom. The molecule has 4 heteroatoms. The summed E-state index contributed by atoms with van der Waals surface area (Å²) in [6.07, 6.45) is -1.78. The van der Waals surface area contributed by atoms with E-state index in [0.717, 1.165) is 3.57 Å². The zero-order valence-electron chi connectivity index (χ0n) is 7.30. The quantitative estimate of drug-likeness (QED) is 0.781. The third-order valence-electron chi connectivity index (χ3n) is 1.85. The molecule has 0 saturated carbocycles. The van der Waals surface area contributed by atoms with Gasteiger partial charge in [-0.3, -0.25) is 0 Å². The molecular formula is C10H8F2IN. The van der Waals surface area contributed by atoms with Crippen LogP contribution >= 0.6 is 22.6 Å². The number of hydrogen-bond donors (Lipinski definition) is 0. The van der Waals surface area contributed by atoms with Crippen LogP contribution in [0.2, 0.25) is 0 Å². The van der Waals surface area contributed by atoms with Gasteiger partial charge in [0.2, 0.25) is 0 Å². The van der Waals surface area contributed by atoms with Crippen LogP contribution in [0.1, 0.15) is 24.0 Å². The van der Waals surface area contributed by atoms with Crippen molar-refractivity contribution >= 4 is 22.6 Å². The number of hydrogen-bond acceptors (Lipinski definition) is 1. The van der Waals surface area contributed by atoms with Crippen molar-refractivity contribution in [1.82, 2.24) is 0 Å². The smallest absolute Gasteiger partial charge is 0.205 e. The van der Waals surface area contributed by atoms with E-state index in [2.05, 4.69) is 22.6 Å². The van der Waals surface area contributed by atoms with Gasteiger partial charge >= 0.3 is 0 Å². The molecule has 0 aliphatic heterocycles. The first-order valence-corrected chi connectivity index (χ1v) is 5.16. The Balaban J connectivity index is 2.98. The first-order chi connectivity index (χ1) is 6.65. The second kappa shape index (κ2) is 5.25. The number of alkyl halides is 2. The van der Waals surface area contributed by atoms with E-state index in [-0.39, 0.29) is 12.0 Å². The van der Waals surface area contributed by atoms with Gasteiger partial charge in [-0.05, 0) is 46.7 Å². The van der Waals surface area contributed by atoms with Gasteiger partial charge in [-0.25, -0.2) is 8.78 Å². The molecule has 0 saturated heterocycles. The van der Waals surface area contributed by atoms with Gasteiger partial charge in [0, 0.05) is 15.6 Å². The van der Waals surface area contributed by atoms with Crippen LogP contribution in [0.25, 0.3) is 0 Å². The number of benzene rings is 1. The van der Waals surface area contributed by atoms with E-state index in [1.807, 2.05) is 6.07 Å². The van der Waals surface area contributed by atoms with E-state index in [4.69, 9.17) is 5.26 Å². The predicted octanol–water partition coefficient (Wildman–Crippen LogP) is 3.68. The summed E-state index contributed by atoms with van der Waals surface area (Å²) in [6.45, 7) is 0. The first kappa shape index (κ1) is 11.4. The standard InChI is InChI=1S/C10H8F2IN/c11-10(12)9-4-3-8(13)6-7(9)2-1-5-14/h3-4,6,10H,1-2H2. The molecule has 0 aliphatic rings. The van der Waals surface area contributed by atoms with Gasteiger partial charge in [0.05, 0.1) is 6.07 Å². The maximum Gasteiger partial charge on any atom is 0.264 e. The van der Waals surface area contributed by atoms with E-state index < -0.39 is 6.43 Å². The highest BCUT2D eigenvalue weighted by Gasteiger charge is 2.12.